The van der Waals surface area contributed by atoms with Gasteiger partial charge in [-0.15, -0.1) is 0 Å². The van der Waals surface area contributed by atoms with Crippen LogP contribution in [0.15, 0.2) is 12.4 Å². The summed E-state index contributed by atoms with van der Waals surface area (Å²) >= 11 is 0. The Balaban J connectivity index is 2.97. The van der Waals surface area contributed by atoms with Gasteiger partial charge in [-0.3, -0.25) is 8.61 Å². The van der Waals surface area contributed by atoms with Crippen molar-refractivity contribution in [2.24, 2.45) is 0 Å². The zero-order valence-electron chi connectivity index (χ0n) is 8.43. The SMILES string of the molecule is CC(C)N1C=CN(C(C)C)S1(=O)=O. The molecule has 0 aliphatic carbocycles. The van der Waals surface area contributed by atoms with Gasteiger partial charge in [0.15, 0.2) is 0 Å². The van der Waals surface area contributed by atoms with Gasteiger partial charge >= 0.3 is 10.2 Å². The molecule has 0 atom stereocenters. The van der Waals surface area contributed by atoms with E-state index in [1.54, 1.807) is 12.4 Å². The molecule has 76 valence electrons. The second-order valence-corrected chi connectivity index (χ2v) is 5.39. The third-order valence-corrected chi connectivity index (χ3v) is 4.06. The summed E-state index contributed by atoms with van der Waals surface area (Å²) in [5.74, 6) is 0. The largest absolute Gasteiger partial charge is 0.325 e. The molecule has 4 nitrogen and oxygen atoms in total. The second-order valence-electron chi connectivity index (χ2n) is 3.65. The van der Waals surface area contributed by atoms with Gasteiger partial charge in [-0.05, 0) is 27.7 Å². The van der Waals surface area contributed by atoms with Crippen LogP contribution in [-0.4, -0.2) is 29.1 Å². The normalized spacial score (nSPS) is 20.8. The lowest BCUT2D eigenvalue weighted by Crippen LogP contribution is -2.39. The fourth-order valence-electron chi connectivity index (χ4n) is 1.27. The van der Waals surface area contributed by atoms with E-state index in [1.807, 2.05) is 27.7 Å². The molecule has 0 aromatic rings. The van der Waals surface area contributed by atoms with Crippen molar-refractivity contribution >= 4 is 10.2 Å². The maximum absolute atomic E-state index is 11.8. The average Bonchev–Trinajstić information content (AvgIpc) is 2.24. The van der Waals surface area contributed by atoms with Crippen molar-refractivity contribution in [2.45, 2.75) is 39.8 Å². The molecule has 1 aliphatic rings. The second kappa shape index (κ2) is 3.21. The first kappa shape index (κ1) is 10.4. The molecule has 0 fully saturated rings. The Morgan fingerprint density at radius 1 is 0.923 bits per heavy atom. The lowest BCUT2D eigenvalue weighted by molar-refractivity contribution is 0.398. The third kappa shape index (κ3) is 1.65. The molecule has 0 saturated carbocycles. The molecule has 13 heavy (non-hydrogen) atoms. The lowest BCUT2D eigenvalue weighted by atomic mass is 10.4. The Bertz CT molecular complexity index is 282. The Morgan fingerprint density at radius 2 is 1.23 bits per heavy atom. The highest BCUT2D eigenvalue weighted by Crippen LogP contribution is 2.22. The van der Waals surface area contributed by atoms with E-state index in [4.69, 9.17) is 0 Å². The smallest absolute Gasteiger partial charge is 0.256 e. The monoisotopic (exact) mass is 204 g/mol. The van der Waals surface area contributed by atoms with Crippen LogP contribution in [0.1, 0.15) is 27.7 Å². The van der Waals surface area contributed by atoms with E-state index in [9.17, 15) is 8.42 Å². The van der Waals surface area contributed by atoms with Gasteiger partial charge in [0.2, 0.25) is 0 Å². The van der Waals surface area contributed by atoms with Gasteiger partial charge in [0.25, 0.3) is 0 Å². The molecule has 0 saturated heterocycles. The summed E-state index contributed by atoms with van der Waals surface area (Å²) in [4.78, 5) is 0. The van der Waals surface area contributed by atoms with Gasteiger partial charge in [0.1, 0.15) is 0 Å². The van der Waals surface area contributed by atoms with Crippen LogP contribution < -0.4 is 0 Å². The summed E-state index contributed by atoms with van der Waals surface area (Å²) < 4.78 is 26.3. The molecular weight excluding hydrogens is 188 g/mol. The third-order valence-electron chi connectivity index (χ3n) is 1.91. The van der Waals surface area contributed by atoms with Crippen molar-refractivity contribution in [1.82, 2.24) is 8.61 Å². The molecule has 0 spiro atoms. The van der Waals surface area contributed by atoms with Crippen LogP contribution in [0, 0.1) is 0 Å². The van der Waals surface area contributed by atoms with Crippen molar-refractivity contribution in [3.63, 3.8) is 0 Å². The zero-order chi connectivity index (χ0) is 10.2. The molecule has 0 aromatic carbocycles. The highest BCUT2D eigenvalue weighted by molar-refractivity contribution is 7.87. The minimum atomic E-state index is -3.27. The maximum atomic E-state index is 11.8. The molecule has 5 heteroatoms. The van der Waals surface area contributed by atoms with E-state index in [-0.39, 0.29) is 12.1 Å². The van der Waals surface area contributed by atoms with Crippen LogP contribution in [0.2, 0.25) is 0 Å². The first-order valence-electron chi connectivity index (χ1n) is 4.37. The van der Waals surface area contributed by atoms with Crippen LogP contribution in [-0.2, 0) is 10.2 Å². The zero-order valence-corrected chi connectivity index (χ0v) is 9.25. The van der Waals surface area contributed by atoms with Crippen molar-refractivity contribution in [3.05, 3.63) is 12.4 Å². The van der Waals surface area contributed by atoms with Crippen molar-refractivity contribution in [2.75, 3.05) is 0 Å². The van der Waals surface area contributed by atoms with Crippen LogP contribution in [0.4, 0.5) is 0 Å². The summed E-state index contributed by atoms with van der Waals surface area (Å²) in [6.45, 7) is 7.41. The topological polar surface area (TPSA) is 40.6 Å². The van der Waals surface area contributed by atoms with Gasteiger partial charge in [0.05, 0.1) is 0 Å². The summed E-state index contributed by atoms with van der Waals surface area (Å²) in [5.41, 5.74) is 0. The predicted octanol–water partition coefficient (Wildman–Crippen LogP) is 1.14. The summed E-state index contributed by atoms with van der Waals surface area (Å²) in [6, 6.07) is -0.0463. The molecule has 1 rings (SSSR count). The molecular formula is C8H16N2O2S. The summed E-state index contributed by atoms with van der Waals surface area (Å²) in [5, 5.41) is 0. The molecule has 1 aliphatic heterocycles. The van der Waals surface area contributed by atoms with Crippen LogP contribution >= 0.6 is 0 Å². The van der Waals surface area contributed by atoms with E-state index < -0.39 is 10.2 Å². The van der Waals surface area contributed by atoms with E-state index in [1.165, 1.54) is 8.61 Å². The first-order valence-corrected chi connectivity index (χ1v) is 5.77. The molecule has 0 N–H and O–H groups in total. The Morgan fingerprint density at radius 3 is 1.38 bits per heavy atom. The Labute approximate surface area is 80.0 Å². The fraction of sp³-hybridized carbons (Fsp3) is 0.750. The molecule has 1 heterocycles. The molecule has 0 aromatic heterocycles. The van der Waals surface area contributed by atoms with Gasteiger partial charge in [-0.1, -0.05) is 0 Å². The lowest BCUT2D eigenvalue weighted by Gasteiger charge is -2.26. The van der Waals surface area contributed by atoms with E-state index in [0.717, 1.165) is 0 Å². The van der Waals surface area contributed by atoms with Crippen molar-refractivity contribution in [1.29, 1.82) is 0 Å². The highest BCUT2D eigenvalue weighted by Gasteiger charge is 2.33. The quantitative estimate of drug-likeness (QED) is 0.676. The predicted molar refractivity (Wildman–Crippen MR) is 52.0 cm³/mol. The highest BCUT2D eigenvalue weighted by atomic mass is 32.2. The molecule has 0 radical (unpaired) electrons. The van der Waals surface area contributed by atoms with E-state index in [2.05, 4.69) is 0 Å². The molecule has 0 unspecified atom stereocenters. The number of hydrogen-bond donors (Lipinski definition) is 0. The number of nitrogens with zero attached hydrogens (tertiary/aromatic N) is 2. The average molecular weight is 204 g/mol. The van der Waals surface area contributed by atoms with Gasteiger partial charge < -0.3 is 0 Å². The Kier molecular flexibility index (Phi) is 2.56. The van der Waals surface area contributed by atoms with Crippen molar-refractivity contribution < 1.29 is 8.42 Å². The summed E-state index contributed by atoms with van der Waals surface area (Å²) in [7, 11) is -3.27. The van der Waals surface area contributed by atoms with Crippen LogP contribution in [0.5, 0.6) is 0 Å². The minimum Gasteiger partial charge on any atom is -0.256 e. The van der Waals surface area contributed by atoms with Gasteiger partial charge in [-0.2, -0.15) is 8.42 Å². The van der Waals surface area contributed by atoms with E-state index in [0.29, 0.717) is 0 Å². The maximum Gasteiger partial charge on any atom is 0.325 e. The fourth-order valence-corrected chi connectivity index (χ4v) is 2.97. The Hall–Kier alpha value is -0.710. The molecule has 0 amide bonds. The van der Waals surface area contributed by atoms with Crippen LogP contribution in [0.3, 0.4) is 0 Å². The first-order chi connectivity index (χ1) is 5.87. The van der Waals surface area contributed by atoms with Gasteiger partial charge in [-0.25, -0.2) is 0 Å². The van der Waals surface area contributed by atoms with E-state index >= 15 is 0 Å². The van der Waals surface area contributed by atoms with Gasteiger partial charge in [0, 0.05) is 24.5 Å². The number of rotatable bonds is 2. The standard InChI is InChI=1S/C8H16N2O2S/c1-7(2)9-5-6-10(8(3)4)13(9,11)12/h5-8H,1-4H3. The minimum absolute atomic E-state index is 0.0231. The molecule has 0 bridgehead atoms. The number of hydrogen-bond acceptors (Lipinski definition) is 2. The van der Waals surface area contributed by atoms with Crippen molar-refractivity contribution in [3.8, 4) is 0 Å². The summed E-state index contributed by atoms with van der Waals surface area (Å²) in [6.07, 6.45) is 3.22. The van der Waals surface area contributed by atoms with Crippen LogP contribution in [0.25, 0.3) is 0 Å².